The average molecular weight is 453 g/mol. The third kappa shape index (κ3) is 5.05. The third-order valence-electron chi connectivity index (χ3n) is 5.13. The lowest BCUT2D eigenvalue weighted by molar-refractivity contribution is -0.113. The van der Waals surface area contributed by atoms with Crippen molar-refractivity contribution in [1.29, 1.82) is 0 Å². The van der Waals surface area contributed by atoms with Gasteiger partial charge in [-0.3, -0.25) is 14.6 Å². The van der Waals surface area contributed by atoms with Crippen LogP contribution in [0, 0.1) is 0 Å². The fourth-order valence-electron chi connectivity index (χ4n) is 3.45. The Bertz CT molecular complexity index is 1360. The van der Waals surface area contributed by atoms with E-state index in [1.165, 1.54) is 7.11 Å². The molecule has 4 rings (SSSR count). The molecule has 0 atom stereocenters. The summed E-state index contributed by atoms with van der Waals surface area (Å²) in [5.74, 6) is 0.167. The van der Waals surface area contributed by atoms with Gasteiger partial charge in [-0.25, -0.2) is 0 Å². The van der Waals surface area contributed by atoms with Gasteiger partial charge in [-0.05, 0) is 48.0 Å². The molecule has 34 heavy (non-hydrogen) atoms. The van der Waals surface area contributed by atoms with Gasteiger partial charge in [0.05, 0.1) is 25.4 Å². The molecular formula is C27H23N3O4. The largest absolute Gasteiger partial charge is 0.493 e. The quantitative estimate of drug-likeness (QED) is 0.397. The fourth-order valence-corrected chi connectivity index (χ4v) is 3.45. The van der Waals surface area contributed by atoms with Crippen LogP contribution in [0.1, 0.15) is 15.9 Å². The molecule has 2 N–H and O–H groups in total. The van der Waals surface area contributed by atoms with Crippen molar-refractivity contribution >= 4 is 34.5 Å². The summed E-state index contributed by atoms with van der Waals surface area (Å²) in [5, 5.41) is 6.49. The number of pyridine rings is 1. The fraction of sp³-hybridized carbons (Fsp3) is 0.0741. The lowest BCUT2D eigenvalue weighted by Crippen LogP contribution is -2.30. The van der Waals surface area contributed by atoms with Crippen LogP contribution in [-0.4, -0.2) is 31.0 Å². The summed E-state index contributed by atoms with van der Waals surface area (Å²) in [5.41, 5.74) is 2.33. The van der Waals surface area contributed by atoms with E-state index in [0.717, 1.165) is 5.39 Å². The van der Waals surface area contributed by atoms with Crippen LogP contribution in [0.15, 0.2) is 90.8 Å². The minimum Gasteiger partial charge on any atom is -0.493 e. The average Bonchev–Trinajstić information content (AvgIpc) is 2.88. The Hall–Kier alpha value is -4.65. The van der Waals surface area contributed by atoms with E-state index in [2.05, 4.69) is 15.6 Å². The minimum absolute atomic E-state index is 0.0639. The van der Waals surface area contributed by atoms with Crippen molar-refractivity contribution in [2.75, 3.05) is 19.5 Å². The molecular weight excluding hydrogens is 430 g/mol. The normalized spacial score (nSPS) is 11.1. The molecule has 0 aliphatic heterocycles. The zero-order chi connectivity index (χ0) is 23.9. The number of para-hydroxylation sites is 1. The minimum atomic E-state index is -0.489. The van der Waals surface area contributed by atoms with E-state index in [4.69, 9.17) is 9.47 Å². The van der Waals surface area contributed by atoms with Crippen molar-refractivity contribution in [3.63, 3.8) is 0 Å². The molecule has 0 saturated heterocycles. The Kier molecular flexibility index (Phi) is 6.84. The number of methoxy groups -OCH3 is 2. The Morgan fingerprint density at radius 1 is 0.853 bits per heavy atom. The van der Waals surface area contributed by atoms with Crippen LogP contribution in [0.3, 0.4) is 0 Å². The lowest BCUT2D eigenvalue weighted by atomic mass is 10.1. The highest BCUT2D eigenvalue weighted by Gasteiger charge is 2.17. The molecule has 0 aliphatic rings. The predicted octanol–water partition coefficient (Wildman–Crippen LogP) is 4.66. The van der Waals surface area contributed by atoms with Crippen LogP contribution >= 0.6 is 0 Å². The van der Waals surface area contributed by atoms with Crippen LogP contribution in [0.25, 0.3) is 17.0 Å². The Labute approximate surface area is 197 Å². The van der Waals surface area contributed by atoms with E-state index in [0.29, 0.717) is 33.8 Å². The number of aromatic nitrogens is 1. The molecule has 170 valence electrons. The number of nitrogens with one attached hydrogen (secondary N) is 2. The van der Waals surface area contributed by atoms with Crippen LogP contribution in [0.4, 0.5) is 5.69 Å². The molecule has 7 heteroatoms. The molecule has 3 aromatic carbocycles. The summed E-state index contributed by atoms with van der Waals surface area (Å²) in [7, 11) is 3.08. The zero-order valence-electron chi connectivity index (χ0n) is 18.7. The Balaban J connectivity index is 1.70. The van der Waals surface area contributed by atoms with Gasteiger partial charge >= 0.3 is 0 Å². The van der Waals surface area contributed by atoms with Gasteiger partial charge in [0.25, 0.3) is 11.8 Å². The third-order valence-corrected chi connectivity index (χ3v) is 5.13. The first kappa shape index (κ1) is 22.5. The van der Waals surface area contributed by atoms with Crippen LogP contribution in [0.5, 0.6) is 11.5 Å². The number of fused-ring (bicyclic) bond motifs is 1. The number of carbonyl (C=O) groups excluding carboxylic acids is 2. The molecule has 0 spiro atoms. The van der Waals surface area contributed by atoms with E-state index < -0.39 is 11.8 Å². The molecule has 0 unspecified atom stereocenters. The second kappa shape index (κ2) is 10.3. The van der Waals surface area contributed by atoms with Gasteiger partial charge in [0.2, 0.25) is 0 Å². The van der Waals surface area contributed by atoms with Crippen molar-refractivity contribution in [3.8, 4) is 11.5 Å². The molecule has 0 aliphatic carbocycles. The van der Waals surface area contributed by atoms with Crippen LogP contribution in [0.2, 0.25) is 0 Å². The van der Waals surface area contributed by atoms with Gasteiger partial charge in [0.1, 0.15) is 5.70 Å². The highest BCUT2D eigenvalue weighted by molar-refractivity contribution is 6.12. The van der Waals surface area contributed by atoms with E-state index in [9.17, 15) is 9.59 Å². The summed E-state index contributed by atoms with van der Waals surface area (Å²) in [6, 6.07) is 23.2. The molecule has 0 fully saturated rings. The van der Waals surface area contributed by atoms with Gasteiger partial charge in [-0.1, -0.05) is 42.5 Å². The van der Waals surface area contributed by atoms with Crippen molar-refractivity contribution in [1.82, 2.24) is 10.3 Å². The molecule has 1 heterocycles. The molecule has 0 bridgehead atoms. The number of rotatable bonds is 7. The highest BCUT2D eigenvalue weighted by atomic mass is 16.5. The van der Waals surface area contributed by atoms with Crippen molar-refractivity contribution in [2.24, 2.45) is 0 Å². The van der Waals surface area contributed by atoms with Gasteiger partial charge in [-0.15, -0.1) is 0 Å². The first-order valence-electron chi connectivity index (χ1n) is 10.5. The van der Waals surface area contributed by atoms with E-state index in [-0.39, 0.29) is 5.70 Å². The second-order valence-corrected chi connectivity index (χ2v) is 7.33. The number of carbonyl (C=O) groups is 2. The van der Waals surface area contributed by atoms with Gasteiger partial charge < -0.3 is 20.1 Å². The Morgan fingerprint density at radius 2 is 1.62 bits per heavy atom. The van der Waals surface area contributed by atoms with Crippen LogP contribution < -0.4 is 20.1 Å². The first-order valence-corrected chi connectivity index (χ1v) is 10.5. The highest BCUT2D eigenvalue weighted by Crippen LogP contribution is 2.28. The SMILES string of the molecule is COc1ccc(C=C(NC(=O)c2ccccc2)C(=O)Nc2cccc3cccnc23)cc1OC. The van der Waals surface area contributed by atoms with E-state index in [1.807, 2.05) is 30.3 Å². The van der Waals surface area contributed by atoms with Crippen molar-refractivity contribution in [3.05, 3.63) is 102 Å². The number of hydrogen-bond donors (Lipinski definition) is 2. The molecule has 7 nitrogen and oxygen atoms in total. The molecule has 2 amide bonds. The zero-order valence-corrected chi connectivity index (χ0v) is 18.7. The molecule has 0 radical (unpaired) electrons. The standard InChI is InChI=1S/C27H23N3O4/c1-33-23-14-13-18(17-24(23)34-2)16-22(30-26(31)20-8-4-3-5-9-20)27(32)29-21-12-6-10-19-11-7-15-28-25(19)21/h3-17H,1-2H3,(H,29,32)(H,30,31). The lowest BCUT2D eigenvalue weighted by Gasteiger charge is -2.13. The van der Waals surface area contributed by atoms with Crippen LogP contribution in [-0.2, 0) is 4.79 Å². The van der Waals surface area contributed by atoms with Gasteiger partial charge in [0, 0.05) is 17.1 Å². The number of amides is 2. The molecule has 0 saturated carbocycles. The maximum atomic E-state index is 13.3. The number of anilines is 1. The number of benzene rings is 3. The van der Waals surface area contributed by atoms with Crippen molar-refractivity contribution < 1.29 is 19.1 Å². The molecule has 1 aromatic heterocycles. The number of ether oxygens (including phenoxy) is 2. The number of nitrogens with zero attached hydrogens (tertiary/aromatic N) is 1. The van der Waals surface area contributed by atoms with Gasteiger partial charge in [-0.2, -0.15) is 0 Å². The smallest absolute Gasteiger partial charge is 0.272 e. The molecule has 4 aromatic rings. The maximum Gasteiger partial charge on any atom is 0.272 e. The summed E-state index contributed by atoms with van der Waals surface area (Å²) < 4.78 is 10.6. The summed E-state index contributed by atoms with van der Waals surface area (Å²) in [6.45, 7) is 0. The predicted molar refractivity (Wildman–Crippen MR) is 132 cm³/mol. The summed E-state index contributed by atoms with van der Waals surface area (Å²) in [4.78, 5) is 30.6. The van der Waals surface area contributed by atoms with E-state index in [1.54, 1.807) is 67.9 Å². The van der Waals surface area contributed by atoms with Gasteiger partial charge in [0.15, 0.2) is 11.5 Å². The monoisotopic (exact) mass is 453 g/mol. The summed E-state index contributed by atoms with van der Waals surface area (Å²) >= 11 is 0. The van der Waals surface area contributed by atoms with E-state index >= 15 is 0 Å². The maximum absolute atomic E-state index is 13.3. The topological polar surface area (TPSA) is 89.5 Å². The second-order valence-electron chi connectivity index (χ2n) is 7.33. The number of hydrogen-bond acceptors (Lipinski definition) is 5. The van der Waals surface area contributed by atoms with Crippen molar-refractivity contribution in [2.45, 2.75) is 0 Å². The summed E-state index contributed by atoms with van der Waals surface area (Å²) in [6.07, 6.45) is 3.24. The first-order chi connectivity index (χ1) is 16.6. The Morgan fingerprint density at radius 3 is 2.38 bits per heavy atom.